The van der Waals surface area contributed by atoms with Gasteiger partial charge in [0.25, 0.3) is 5.91 Å². The molecule has 1 N–H and O–H groups in total. The molecule has 0 radical (unpaired) electrons. The van der Waals surface area contributed by atoms with E-state index in [1.54, 1.807) is 11.0 Å². The minimum Gasteiger partial charge on any atom is -0.481 e. The van der Waals surface area contributed by atoms with Crippen LogP contribution in [0.2, 0.25) is 0 Å². The van der Waals surface area contributed by atoms with Gasteiger partial charge in [0.2, 0.25) is 0 Å². The summed E-state index contributed by atoms with van der Waals surface area (Å²) in [7, 11) is 0. The van der Waals surface area contributed by atoms with Crippen LogP contribution in [0.3, 0.4) is 0 Å². The van der Waals surface area contributed by atoms with Gasteiger partial charge < -0.3 is 19.3 Å². The summed E-state index contributed by atoms with van der Waals surface area (Å²) in [5.41, 5.74) is 0.584. The molecule has 21 heavy (non-hydrogen) atoms. The molecule has 1 aliphatic rings. The monoisotopic (exact) mass is 358 g/mol. The zero-order chi connectivity index (χ0) is 15.4. The van der Waals surface area contributed by atoms with Crippen LogP contribution in [0, 0.1) is 0 Å². The summed E-state index contributed by atoms with van der Waals surface area (Å²) < 4.78 is 8.06. The average molecular weight is 359 g/mol. The number of carbonyl (C=O) groups is 2. The van der Waals surface area contributed by atoms with Gasteiger partial charge in [-0.25, -0.2) is 0 Å². The fourth-order valence-electron chi connectivity index (χ4n) is 2.52. The van der Waals surface area contributed by atoms with E-state index < -0.39 is 12.0 Å². The fraction of sp³-hybridized carbons (Fsp3) is 0.571. The van der Waals surface area contributed by atoms with Crippen molar-refractivity contribution in [1.82, 2.24) is 9.47 Å². The first-order valence-corrected chi connectivity index (χ1v) is 7.78. The standard InChI is InChI=1S/C14H19BrN2O4/c1-2-3-16-8-10(15)6-12(16)14(20)17-4-5-21-9-11(17)7-13(18)19/h6,8,11H,2-5,7,9H2,1H3,(H,18,19). The van der Waals surface area contributed by atoms with Crippen LogP contribution < -0.4 is 0 Å². The van der Waals surface area contributed by atoms with E-state index >= 15 is 0 Å². The van der Waals surface area contributed by atoms with Crippen molar-refractivity contribution < 1.29 is 19.4 Å². The largest absolute Gasteiger partial charge is 0.481 e. The second kappa shape index (κ2) is 7.09. The van der Waals surface area contributed by atoms with Gasteiger partial charge in [-0.15, -0.1) is 0 Å². The third kappa shape index (κ3) is 3.85. The summed E-state index contributed by atoms with van der Waals surface area (Å²) >= 11 is 3.39. The molecule has 116 valence electrons. The van der Waals surface area contributed by atoms with E-state index in [9.17, 15) is 9.59 Å². The number of amides is 1. The number of ether oxygens (including phenoxy) is 1. The molecule has 2 rings (SSSR count). The Hall–Kier alpha value is -1.34. The first kappa shape index (κ1) is 16.0. The van der Waals surface area contributed by atoms with Crippen molar-refractivity contribution in [2.75, 3.05) is 19.8 Å². The lowest BCUT2D eigenvalue weighted by Crippen LogP contribution is -2.50. The van der Waals surface area contributed by atoms with Crippen molar-refractivity contribution in [1.29, 1.82) is 0 Å². The summed E-state index contributed by atoms with van der Waals surface area (Å²) in [6.07, 6.45) is 2.70. The molecule has 6 nitrogen and oxygen atoms in total. The van der Waals surface area contributed by atoms with Gasteiger partial charge in [0.05, 0.1) is 25.7 Å². The maximum absolute atomic E-state index is 12.7. The van der Waals surface area contributed by atoms with E-state index in [1.807, 2.05) is 17.7 Å². The van der Waals surface area contributed by atoms with E-state index in [2.05, 4.69) is 15.9 Å². The number of morpholine rings is 1. The number of aliphatic carboxylic acids is 1. The Morgan fingerprint density at radius 2 is 2.29 bits per heavy atom. The summed E-state index contributed by atoms with van der Waals surface area (Å²) in [4.78, 5) is 25.3. The molecular formula is C14H19BrN2O4. The maximum atomic E-state index is 12.7. The second-order valence-corrected chi connectivity index (χ2v) is 5.98. The minimum atomic E-state index is -0.923. The topological polar surface area (TPSA) is 71.8 Å². The van der Waals surface area contributed by atoms with Crippen molar-refractivity contribution >= 4 is 27.8 Å². The van der Waals surface area contributed by atoms with Crippen LogP contribution in [-0.2, 0) is 16.1 Å². The molecule has 1 aromatic heterocycles. The molecular weight excluding hydrogens is 340 g/mol. The number of nitrogens with zero attached hydrogens (tertiary/aromatic N) is 2. The SMILES string of the molecule is CCCn1cc(Br)cc1C(=O)N1CCOCC1CC(=O)O. The number of hydrogen-bond acceptors (Lipinski definition) is 3. The van der Waals surface area contributed by atoms with Crippen LogP contribution in [0.15, 0.2) is 16.7 Å². The Balaban J connectivity index is 2.22. The number of carboxylic acids is 1. The van der Waals surface area contributed by atoms with Crippen LogP contribution in [0.25, 0.3) is 0 Å². The van der Waals surface area contributed by atoms with Gasteiger partial charge >= 0.3 is 5.97 Å². The first-order chi connectivity index (χ1) is 10.0. The zero-order valence-electron chi connectivity index (χ0n) is 11.9. The van der Waals surface area contributed by atoms with Crippen LogP contribution in [0.1, 0.15) is 30.3 Å². The van der Waals surface area contributed by atoms with Crippen LogP contribution >= 0.6 is 15.9 Å². The average Bonchev–Trinajstić information content (AvgIpc) is 2.79. The molecule has 1 saturated heterocycles. The molecule has 1 amide bonds. The number of carbonyl (C=O) groups excluding carboxylic acids is 1. The van der Waals surface area contributed by atoms with Crippen molar-refractivity contribution in [2.24, 2.45) is 0 Å². The fourth-order valence-corrected chi connectivity index (χ4v) is 2.98. The summed E-state index contributed by atoms with van der Waals surface area (Å²) in [6, 6.07) is 1.37. The Kier molecular flexibility index (Phi) is 5.41. The number of halogens is 1. The van der Waals surface area contributed by atoms with Crippen molar-refractivity contribution in [2.45, 2.75) is 32.4 Å². The molecule has 1 aromatic rings. The Morgan fingerprint density at radius 3 is 2.95 bits per heavy atom. The number of rotatable bonds is 5. The molecule has 1 atom stereocenters. The van der Waals surface area contributed by atoms with Crippen molar-refractivity contribution in [3.8, 4) is 0 Å². The Morgan fingerprint density at radius 1 is 1.52 bits per heavy atom. The number of hydrogen-bond donors (Lipinski definition) is 1. The third-order valence-electron chi connectivity index (χ3n) is 3.45. The molecule has 0 spiro atoms. The lowest BCUT2D eigenvalue weighted by molar-refractivity contribution is -0.139. The van der Waals surface area contributed by atoms with E-state index in [0.29, 0.717) is 18.8 Å². The molecule has 0 aliphatic carbocycles. The number of aryl methyl sites for hydroxylation is 1. The second-order valence-electron chi connectivity index (χ2n) is 5.06. The van der Waals surface area contributed by atoms with Crippen LogP contribution in [-0.4, -0.2) is 52.3 Å². The third-order valence-corrected chi connectivity index (χ3v) is 3.88. The lowest BCUT2D eigenvalue weighted by Gasteiger charge is -2.35. The molecule has 0 saturated carbocycles. The predicted molar refractivity (Wildman–Crippen MR) is 80.3 cm³/mol. The predicted octanol–water partition coefficient (Wildman–Crippen LogP) is 1.98. The zero-order valence-corrected chi connectivity index (χ0v) is 13.5. The van der Waals surface area contributed by atoms with E-state index in [4.69, 9.17) is 9.84 Å². The maximum Gasteiger partial charge on any atom is 0.305 e. The van der Waals surface area contributed by atoms with Gasteiger partial charge in [-0.05, 0) is 28.4 Å². The van der Waals surface area contributed by atoms with Crippen LogP contribution in [0.5, 0.6) is 0 Å². The number of aromatic nitrogens is 1. The highest BCUT2D eigenvalue weighted by molar-refractivity contribution is 9.10. The van der Waals surface area contributed by atoms with E-state index in [1.165, 1.54) is 0 Å². The summed E-state index contributed by atoms with van der Waals surface area (Å²) in [6.45, 7) is 3.93. The highest BCUT2D eigenvalue weighted by Crippen LogP contribution is 2.20. The first-order valence-electron chi connectivity index (χ1n) is 6.99. The number of carboxylic acid groups (broad SMARTS) is 1. The Labute approximate surface area is 131 Å². The van der Waals surface area contributed by atoms with Gasteiger partial charge in [0.15, 0.2) is 0 Å². The molecule has 1 unspecified atom stereocenters. The Bertz CT molecular complexity index is 529. The highest BCUT2D eigenvalue weighted by Gasteiger charge is 2.31. The van der Waals surface area contributed by atoms with Gasteiger partial charge in [0, 0.05) is 23.8 Å². The van der Waals surface area contributed by atoms with Gasteiger partial charge in [-0.1, -0.05) is 6.92 Å². The van der Waals surface area contributed by atoms with Crippen molar-refractivity contribution in [3.63, 3.8) is 0 Å². The summed E-state index contributed by atoms with van der Waals surface area (Å²) in [5.74, 6) is -1.06. The van der Waals surface area contributed by atoms with Gasteiger partial charge in [-0.3, -0.25) is 9.59 Å². The summed E-state index contributed by atoms with van der Waals surface area (Å²) in [5, 5.41) is 8.97. The van der Waals surface area contributed by atoms with E-state index in [-0.39, 0.29) is 18.9 Å². The highest BCUT2D eigenvalue weighted by atomic mass is 79.9. The smallest absolute Gasteiger partial charge is 0.305 e. The van der Waals surface area contributed by atoms with Gasteiger partial charge in [-0.2, -0.15) is 0 Å². The minimum absolute atomic E-state index is 0.0958. The molecule has 7 heteroatoms. The molecule has 1 aliphatic heterocycles. The quantitative estimate of drug-likeness (QED) is 0.873. The van der Waals surface area contributed by atoms with Crippen LogP contribution in [0.4, 0.5) is 0 Å². The molecule has 2 heterocycles. The van der Waals surface area contributed by atoms with E-state index in [0.717, 1.165) is 17.4 Å². The molecule has 0 aromatic carbocycles. The molecule has 0 bridgehead atoms. The van der Waals surface area contributed by atoms with Crippen molar-refractivity contribution in [3.05, 3.63) is 22.4 Å². The lowest BCUT2D eigenvalue weighted by atomic mass is 10.1. The normalized spacial score (nSPS) is 18.8. The molecule has 1 fully saturated rings. The van der Waals surface area contributed by atoms with Gasteiger partial charge in [0.1, 0.15) is 5.69 Å².